The average Bonchev–Trinajstić information content (AvgIpc) is 3.14. The summed E-state index contributed by atoms with van der Waals surface area (Å²) in [5.41, 5.74) is 1.62. The summed E-state index contributed by atoms with van der Waals surface area (Å²) in [4.78, 5) is 14.6. The maximum Gasteiger partial charge on any atom is 0.253 e. The van der Waals surface area contributed by atoms with Crippen molar-refractivity contribution in [2.24, 2.45) is 5.92 Å². The van der Waals surface area contributed by atoms with Gasteiger partial charge in [-0.2, -0.15) is 0 Å². The lowest BCUT2D eigenvalue weighted by Gasteiger charge is -2.32. The van der Waals surface area contributed by atoms with Crippen LogP contribution < -0.4 is 0 Å². The molecule has 2 aromatic rings. The highest BCUT2D eigenvalue weighted by Crippen LogP contribution is 2.21. The zero-order valence-electron chi connectivity index (χ0n) is 13.4. The molecule has 1 aromatic carbocycles. The Bertz CT molecular complexity index is 625. The van der Waals surface area contributed by atoms with Crippen LogP contribution in [-0.2, 0) is 4.74 Å². The van der Waals surface area contributed by atoms with Crippen LogP contribution in [0.2, 0.25) is 0 Å². The number of carbonyl (C=O) groups excluding carboxylic acids is 1. The molecule has 0 N–H and O–H groups in total. The number of hydrogen-bond donors (Lipinski definition) is 0. The topological polar surface area (TPSA) is 60.2 Å². The van der Waals surface area contributed by atoms with E-state index >= 15 is 0 Å². The second-order valence-corrected chi connectivity index (χ2v) is 5.94. The van der Waals surface area contributed by atoms with Gasteiger partial charge in [-0.15, -0.1) is 5.10 Å². The molecular formula is C17H22N4O2. The monoisotopic (exact) mass is 314 g/mol. The van der Waals surface area contributed by atoms with Crippen molar-refractivity contribution in [2.75, 3.05) is 26.8 Å². The molecule has 1 aliphatic rings. The predicted molar refractivity (Wildman–Crippen MR) is 86.5 cm³/mol. The standard InChI is InChI=1S/C17H22N4O2/c1-23-12-8-14-3-2-10-20(13-14)17(22)15-4-6-16(7-5-15)21-11-9-18-19-21/h4-7,9,11,14H,2-3,8,10,12-13H2,1H3. The summed E-state index contributed by atoms with van der Waals surface area (Å²) in [5, 5.41) is 7.74. The number of hydrogen-bond acceptors (Lipinski definition) is 4. The first-order chi connectivity index (χ1) is 11.3. The van der Waals surface area contributed by atoms with Crippen molar-refractivity contribution in [2.45, 2.75) is 19.3 Å². The largest absolute Gasteiger partial charge is 0.385 e. The van der Waals surface area contributed by atoms with Crippen LogP contribution in [0.15, 0.2) is 36.7 Å². The number of amides is 1. The lowest BCUT2D eigenvalue weighted by Crippen LogP contribution is -2.40. The number of likely N-dealkylation sites (tertiary alicyclic amines) is 1. The van der Waals surface area contributed by atoms with Gasteiger partial charge >= 0.3 is 0 Å². The van der Waals surface area contributed by atoms with Crippen molar-refractivity contribution in [1.29, 1.82) is 0 Å². The van der Waals surface area contributed by atoms with Gasteiger partial charge in [-0.3, -0.25) is 4.79 Å². The van der Waals surface area contributed by atoms with E-state index in [1.807, 2.05) is 29.2 Å². The smallest absolute Gasteiger partial charge is 0.253 e. The molecule has 1 amide bonds. The molecule has 122 valence electrons. The third-order valence-electron chi connectivity index (χ3n) is 4.34. The van der Waals surface area contributed by atoms with Crippen LogP contribution >= 0.6 is 0 Å². The molecule has 1 fully saturated rings. The van der Waals surface area contributed by atoms with E-state index in [0.29, 0.717) is 5.92 Å². The first-order valence-corrected chi connectivity index (χ1v) is 8.03. The fourth-order valence-electron chi connectivity index (χ4n) is 3.05. The van der Waals surface area contributed by atoms with Crippen LogP contribution in [0, 0.1) is 5.92 Å². The quantitative estimate of drug-likeness (QED) is 0.848. The van der Waals surface area contributed by atoms with Gasteiger partial charge in [0.15, 0.2) is 0 Å². The second-order valence-electron chi connectivity index (χ2n) is 5.94. The Labute approximate surface area is 136 Å². The summed E-state index contributed by atoms with van der Waals surface area (Å²) in [7, 11) is 1.72. The minimum atomic E-state index is 0.109. The molecule has 0 aliphatic carbocycles. The molecule has 1 unspecified atom stereocenters. The van der Waals surface area contributed by atoms with Crippen LogP contribution in [0.4, 0.5) is 0 Å². The summed E-state index contributed by atoms with van der Waals surface area (Å²) < 4.78 is 6.83. The Hall–Kier alpha value is -2.21. The van der Waals surface area contributed by atoms with Crippen LogP contribution in [0.25, 0.3) is 5.69 Å². The number of aromatic nitrogens is 3. The average molecular weight is 314 g/mol. The van der Waals surface area contributed by atoms with Gasteiger partial charge in [0.2, 0.25) is 0 Å². The van der Waals surface area contributed by atoms with Gasteiger partial charge in [0.05, 0.1) is 18.1 Å². The van der Waals surface area contributed by atoms with Crippen molar-refractivity contribution < 1.29 is 9.53 Å². The summed E-state index contributed by atoms with van der Waals surface area (Å²) in [5.74, 6) is 0.652. The number of piperidine rings is 1. The zero-order chi connectivity index (χ0) is 16.1. The van der Waals surface area contributed by atoms with Crippen molar-refractivity contribution in [3.05, 3.63) is 42.2 Å². The molecule has 1 atom stereocenters. The summed E-state index contributed by atoms with van der Waals surface area (Å²) >= 11 is 0. The highest BCUT2D eigenvalue weighted by atomic mass is 16.5. The van der Waals surface area contributed by atoms with E-state index < -0.39 is 0 Å². The van der Waals surface area contributed by atoms with E-state index in [2.05, 4.69) is 10.3 Å². The fourth-order valence-corrected chi connectivity index (χ4v) is 3.05. The predicted octanol–water partition coefficient (Wildman–Crippen LogP) is 2.16. The maximum absolute atomic E-state index is 12.7. The molecule has 0 bridgehead atoms. The Morgan fingerprint density at radius 2 is 2.17 bits per heavy atom. The molecule has 0 saturated carbocycles. The third kappa shape index (κ3) is 3.76. The molecule has 6 nitrogen and oxygen atoms in total. The Kier molecular flexibility index (Phi) is 5.02. The van der Waals surface area contributed by atoms with E-state index in [-0.39, 0.29) is 5.91 Å². The molecule has 0 radical (unpaired) electrons. The molecule has 3 rings (SSSR count). The van der Waals surface area contributed by atoms with Crippen LogP contribution in [-0.4, -0.2) is 52.6 Å². The summed E-state index contributed by atoms with van der Waals surface area (Å²) in [6.45, 7) is 2.43. The zero-order valence-corrected chi connectivity index (χ0v) is 13.4. The molecule has 0 spiro atoms. The Balaban J connectivity index is 1.65. The molecular weight excluding hydrogens is 292 g/mol. The highest BCUT2D eigenvalue weighted by molar-refractivity contribution is 5.94. The van der Waals surface area contributed by atoms with Crippen LogP contribution in [0.3, 0.4) is 0 Å². The molecule has 1 saturated heterocycles. The van der Waals surface area contributed by atoms with Crippen molar-refractivity contribution in [1.82, 2.24) is 19.9 Å². The van der Waals surface area contributed by atoms with E-state index in [1.165, 1.54) is 6.42 Å². The summed E-state index contributed by atoms with van der Waals surface area (Å²) in [6, 6.07) is 7.51. The first-order valence-electron chi connectivity index (χ1n) is 8.03. The van der Waals surface area contributed by atoms with Gasteiger partial charge < -0.3 is 9.64 Å². The molecule has 23 heavy (non-hydrogen) atoms. The lowest BCUT2D eigenvalue weighted by atomic mass is 9.94. The molecule has 1 aliphatic heterocycles. The minimum Gasteiger partial charge on any atom is -0.385 e. The lowest BCUT2D eigenvalue weighted by molar-refractivity contribution is 0.0642. The second kappa shape index (κ2) is 7.37. The fraction of sp³-hybridized carbons (Fsp3) is 0.471. The molecule has 6 heteroatoms. The number of carbonyl (C=O) groups is 1. The minimum absolute atomic E-state index is 0.109. The first kappa shape index (κ1) is 15.7. The Morgan fingerprint density at radius 3 is 2.87 bits per heavy atom. The summed E-state index contributed by atoms with van der Waals surface area (Å²) in [6.07, 6.45) is 6.68. The van der Waals surface area contributed by atoms with Gasteiger partial charge in [-0.25, -0.2) is 4.68 Å². The van der Waals surface area contributed by atoms with Crippen molar-refractivity contribution in [3.63, 3.8) is 0 Å². The van der Waals surface area contributed by atoms with Crippen molar-refractivity contribution in [3.8, 4) is 5.69 Å². The van der Waals surface area contributed by atoms with Crippen LogP contribution in [0.1, 0.15) is 29.6 Å². The SMILES string of the molecule is COCCC1CCCN(C(=O)c2ccc(-n3ccnn3)cc2)C1. The number of rotatable bonds is 5. The Morgan fingerprint density at radius 1 is 1.35 bits per heavy atom. The van der Waals surface area contributed by atoms with E-state index in [0.717, 1.165) is 43.8 Å². The molecule has 2 heterocycles. The van der Waals surface area contributed by atoms with E-state index in [1.54, 1.807) is 24.2 Å². The van der Waals surface area contributed by atoms with Gasteiger partial charge in [-0.1, -0.05) is 5.21 Å². The van der Waals surface area contributed by atoms with Gasteiger partial charge in [0, 0.05) is 32.4 Å². The van der Waals surface area contributed by atoms with Crippen molar-refractivity contribution >= 4 is 5.91 Å². The van der Waals surface area contributed by atoms with Gasteiger partial charge in [0.25, 0.3) is 5.91 Å². The van der Waals surface area contributed by atoms with Gasteiger partial charge in [0.1, 0.15) is 0 Å². The highest BCUT2D eigenvalue weighted by Gasteiger charge is 2.24. The van der Waals surface area contributed by atoms with Gasteiger partial charge in [-0.05, 0) is 49.4 Å². The number of ether oxygens (including phenoxy) is 1. The van der Waals surface area contributed by atoms with E-state index in [4.69, 9.17) is 4.74 Å². The van der Waals surface area contributed by atoms with Crippen LogP contribution in [0.5, 0.6) is 0 Å². The van der Waals surface area contributed by atoms with E-state index in [9.17, 15) is 4.79 Å². The number of methoxy groups -OCH3 is 1. The molecule has 1 aromatic heterocycles. The number of nitrogens with zero attached hydrogens (tertiary/aromatic N) is 4. The number of benzene rings is 1. The maximum atomic E-state index is 12.7. The third-order valence-corrected chi connectivity index (χ3v) is 4.34. The normalized spacial score (nSPS) is 18.1.